The monoisotopic (exact) mass is 205 g/mol. The first-order chi connectivity index (χ1) is 6.53. The van der Waals surface area contributed by atoms with Crippen LogP contribution in [0.3, 0.4) is 0 Å². The second-order valence-electron chi connectivity index (χ2n) is 2.05. The van der Waals surface area contributed by atoms with E-state index in [9.17, 15) is 9.59 Å². The number of ether oxygens (including phenoxy) is 2. The van der Waals surface area contributed by atoms with Gasteiger partial charge in [-0.05, 0) is 6.08 Å². The van der Waals surface area contributed by atoms with Gasteiger partial charge in [-0.3, -0.25) is 4.79 Å². The highest BCUT2D eigenvalue weighted by Gasteiger charge is 2.15. The minimum atomic E-state index is -1.62. The zero-order valence-electron chi connectivity index (χ0n) is 8.44. The van der Waals surface area contributed by atoms with Crippen LogP contribution in [-0.4, -0.2) is 44.5 Å². The third-order valence-electron chi connectivity index (χ3n) is 0.889. The van der Waals surface area contributed by atoms with Crippen molar-refractivity contribution < 1.29 is 24.2 Å². The average molecular weight is 205 g/mol. The van der Waals surface area contributed by atoms with Crippen molar-refractivity contribution in [1.82, 2.24) is 5.32 Å². The van der Waals surface area contributed by atoms with Gasteiger partial charge < -0.3 is 19.9 Å². The Labute approximate surface area is 82.5 Å². The van der Waals surface area contributed by atoms with Gasteiger partial charge in [0.2, 0.25) is 12.1 Å². The van der Waals surface area contributed by atoms with Gasteiger partial charge in [0.05, 0.1) is 7.11 Å². The maximum Gasteiger partial charge on any atom is 0.356 e. The van der Waals surface area contributed by atoms with Crippen molar-refractivity contribution in [2.24, 2.45) is 0 Å². The Bertz CT molecular complexity index is 192. The second-order valence-corrected chi connectivity index (χ2v) is 2.05. The first-order valence-corrected chi connectivity index (χ1v) is 3.62. The summed E-state index contributed by atoms with van der Waals surface area (Å²) < 4.78 is 8.37. The van der Waals surface area contributed by atoms with Crippen molar-refractivity contribution in [2.75, 3.05) is 21.3 Å². The fourth-order valence-corrected chi connectivity index (χ4v) is 0.364. The van der Waals surface area contributed by atoms with Crippen LogP contribution in [0.15, 0.2) is 12.7 Å². The molecule has 0 aliphatic heterocycles. The van der Waals surface area contributed by atoms with E-state index in [4.69, 9.17) is 5.11 Å². The molecule has 0 saturated carbocycles. The minimum Gasteiger partial charge on any atom is -0.466 e. The van der Waals surface area contributed by atoms with E-state index < -0.39 is 18.1 Å². The molecular formula is C8H15NO5. The van der Waals surface area contributed by atoms with Crippen LogP contribution in [0.1, 0.15) is 0 Å². The summed E-state index contributed by atoms with van der Waals surface area (Å²) in [7, 11) is 4.35. The Kier molecular flexibility index (Phi) is 10.4. The van der Waals surface area contributed by atoms with Crippen LogP contribution in [0.25, 0.3) is 0 Å². The topological polar surface area (TPSA) is 84.9 Å². The molecule has 0 rings (SSSR count). The fourth-order valence-electron chi connectivity index (χ4n) is 0.364. The molecule has 1 amide bonds. The molecule has 0 spiro atoms. The van der Waals surface area contributed by atoms with Crippen LogP contribution in [0.4, 0.5) is 0 Å². The van der Waals surface area contributed by atoms with Gasteiger partial charge in [0, 0.05) is 14.2 Å². The number of nitrogens with one attached hydrogen (secondary N) is 1. The van der Waals surface area contributed by atoms with Crippen LogP contribution >= 0.6 is 0 Å². The highest BCUT2D eigenvalue weighted by molar-refractivity contribution is 5.90. The van der Waals surface area contributed by atoms with Gasteiger partial charge in [-0.15, -0.1) is 0 Å². The SMILES string of the molecule is C=CC(=O)NC(O)C(=O)OC.COC. The summed E-state index contributed by atoms with van der Waals surface area (Å²) in [5.41, 5.74) is 0. The van der Waals surface area contributed by atoms with Crippen LogP contribution in [0.2, 0.25) is 0 Å². The molecule has 0 saturated heterocycles. The lowest BCUT2D eigenvalue weighted by atomic mass is 10.5. The van der Waals surface area contributed by atoms with Crippen molar-refractivity contribution >= 4 is 11.9 Å². The van der Waals surface area contributed by atoms with E-state index >= 15 is 0 Å². The Morgan fingerprint density at radius 3 is 2.14 bits per heavy atom. The van der Waals surface area contributed by atoms with E-state index in [1.165, 1.54) is 0 Å². The van der Waals surface area contributed by atoms with Crippen molar-refractivity contribution in [2.45, 2.75) is 6.23 Å². The van der Waals surface area contributed by atoms with Crippen LogP contribution < -0.4 is 5.32 Å². The van der Waals surface area contributed by atoms with E-state index in [2.05, 4.69) is 16.1 Å². The van der Waals surface area contributed by atoms with E-state index in [0.29, 0.717) is 0 Å². The third-order valence-corrected chi connectivity index (χ3v) is 0.889. The van der Waals surface area contributed by atoms with Crippen LogP contribution in [-0.2, 0) is 19.1 Å². The third kappa shape index (κ3) is 8.69. The van der Waals surface area contributed by atoms with Gasteiger partial charge in [-0.25, -0.2) is 4.79 Å². The number of carbonyl (C=O) groups is 2. The number of aliphatic hydroxyl groups excluding tert-OH is 1. The number of aliphatic hydroxyl groups is 1. The average Bonchev–Trinajstić information content (AvgIpc) is 2.17. The van der Waals surface area contributed by atoms with Crippen LogP contribution in [0.5, 0.6) is 0 Å². The Balaban J connectivity index is 0. The van der Waals surface area contributed by atoms with Gasteiger partial charge in [-0.1, -0.05) is 6.58 Å². The lowest BCUT2D eigenvalue weighted by Crippen LogP contribution is -2.40. The fraction of sp³-hybridized carbons (Fsp3) is 0.500. The summed E-state index contributed by atoms with van der Waals surface area (Å²) >= 11 is 0. The standard InChI is InChI=1S/C6H9NO4.C2H6O/c1-3-4(8)7-5(9)6(10)11-2;1-3-2/h3,5,9H,1H2,2H3,(H,7,8);1-2H3. The lowest BCUT2D eigenvalue weighted by molar-refractivity contribution is -0.154. The second kappa shape index (κ2) is 9.69. The minimum absolute atomic E-state index is 0.636. The van der Waals surface area contributed by atoms with E-state index in [0.717, 1.165) is 13.2 Å². The maximum absolute atomic E-state index is 10.4. The highest BCUT2D eigenvalue weighted by atomic mass is 16.5. The first-order valence-electron chi connectivity index (χ1n) is 3.62. The number of amides is 1. The highest BCUT2D eigenvalue weighted by Crippen LogP contribution is 1.81. The normalized spacial score (nSPS) is 10.3. The van der Waals surface area contributed by atoms with Crippen molar-refractivity contribution in [3.05, 3.63) is 12.7 Å². The molecule has 82 valence electrons. The largest absolute Gasteiger partial charge is 0.466 e. The molecule has 0 aromatic rings. The van der Waals surface area contributed by atoms with Crippen LogP contribution in [0, 0.1) is 0 Å². The number of esters is 1. The van der Waals surface area contributed by atoms with Gasteiger partial charge in [0.1, 0.15) is 0 Å². The molecule has 0 bridgehead atoms. The Morgan fingerprint density at radius 1 is 1.43 bits per heavy atom. The molecule has 0 aliphatic rings. The quantitative estimate of drug-likeness (QED) is 0.352. The van der Waals surface area contributed by atoms with Gasteiger partial charge >= 0.3 is 5.97 Å². The molecule has 0 fully saturated rings. The number of methoxy groups -OCH3 is 2. The van der Waals surface area contributed by atoms with Crippen molar-refractivity contribution in [1.29, 1.82) is 0 Å². The molecule has 2 N–H and O–H groups in total. The molecule has 14 heavy (non-hydrogen) atoms. The molecule has 0 aromatic carbocycles. The number of hydrogen-bond donors (Lipinski definition) is 2. The van der Waals surface area contributed by atoms with E-state index in [1.54, 1.807) is 14.2 Å². The summed E-state index contributed by atoms with van der Waals surface area (Å²) in [6, 6.07) is 0. The first kappa shape index (κ1) is 15.1. The molecule has 1 atom stereocenters. The zero-order chi connectivity index (χ0) is 11.6. The van der Waals surface area contributed by atoms with E-state index in [-0.39, 0.29) is 0 Å². The molecule has 6 heteroatoms. The molecule has 6 nitrogen and oxygen atoms in total. The number of carbonyl (C=O) groups excluding carboxylic acids is 2. The molecule has 0 aromatic heterocycles. The lowest BCUT2D eigenvalue weighted by Gasteiger charge is -2.07. The summed E-state index contributed by atoms with van der Waals surface area (Å²) in [5, 5.41) is 10.7. The Hall–Kier alpha value is -1.40. The summed E-state index contributed by atoms with van der Waals surface area (Å²) in [5.74, 6) is -1.55. The predicted molar refractivity (Wildman–Crippen MR) is 49.3 cm³/mol. The van der Waals surface area contributed by atoms with Gasteiger partial charge in [-0.2, -0.15) is 0 Å². The molecule has 0 aliphatic carbocycles. The van der Waals surface area contributed by atoms with Gasteiger partial charge in [0.25, 0.3) is 0 Å². The summed E-state index contributed by atoms with van der Waals surface area (Å²) in [6.07, 6.45) is -0.683. The Morgan fingerprint density at radius 2 is 1.86 bits per heavy atom. The smallest absolute Gasteiger partial charge is 0.356 e. The molecular weight excluding hydrogens is 190 g/mol. The predicted octanol–water partition coefficient (Wildman–Crippen LogP) is -0.957. The maximum atomic E-state index is 10.4. The van der Waals surface area contributed by atoms with Crippen molar-refractivity contribution in [3.63, 3.8) is 0 Å². The summed E-state index contributed by atoms with van der Waals surface area (Å²) in [6.45, 7) is 3.12. The summed E-state index contributed by atoms with van der Waals surface area (Å²) in [4.78, 5) is 20.9. The zero-order valence-corrected chi connectivity index (χ0v) is 8.44. The molecule has 1 unspecified atom stereocenters. The molecule has 0 radical (unpaired) electrons. The molecule has 0 heterocycles. The van der Waals surface area contributed by atoms with Crippen molar-refractivity contribution in [3.8, 4) is 0 Å². The number of rotatable bonds is 3. The van der Waals surface area contributed by atoms with E-state index in [1.807, 2.05) is 5.32 Å². The van der Waals surface area contributed by atoms with Gasteiger partial charge in [0.15, 0.2) is 0 Å². The number of hydrogen-bond acceptors (Lipinski definition) is 5.